The summed E-state index contributed by atoms with van der Waals surface area (Å²) in [4.78, 5) is 25.1. The number of halogens is 2. The van der Waals surface area contributed by atoms with Crippen molar-refractivity contribution in [1.29, 1.82) is 0 Å². The van der Waals surface area contributed by atoms with E-state index in [2.05, 4.69) is 10.6 Å². The molecule has 3 rings (SSSR count). The predicted octanol–water partition coefficient (Wildman–Crippen LogP) is 3.82. The summed E-state index contributed by atoms with van der Waals surface area (Å²) in [5.41, 5.74) is 0.642. The van der Waals surface area contributed by atoms with E-state index in [4.69, 9.17) is 11.6 Å². The maximum Gasteiger partial charge on any atom is 0.240 e. The summed E-state index contributed by atoms with van der Waals surface area (Å²) in [5, 5.41) is 6.00. The number of carbonyl (C=O) groups is 2. The van der Waals surface area contributed by atoms with Crippen molar-refractivity contribution >= 4 is 29.1 Å². The van der Waals surface area contributed by atoms with Crippen LogP contribution in [-0.2, 0) is 16.1 Å². The highest BCUT2D eigenvalue weighted by molar-refractivity contribution is 6.31. The van der Waals surface area contributed by atoms with Gasteiger partial charge in [-0.2, -0.15) is 0 Å². The molecule has 25 heavy (non-hydrogen) atoms. The molecule has 2 N–H and O–H groups in total. The third-order valence-electron chi connectivity index (χ3n) is 4.53. The fourth-order valence-corrected chi connectivity index (χ4v) is 2.83. The molecule has 1 saturated carbocycles. The Bertz CT molecular complexity index is 834. The molecule has 0 atom stereocenters. The van der Waals surface area contributed by atoms with Crippen LogP contribution in [0, 0.1) is 18.2 Å². The lowest BCUT2D eigenvalue weighted by molar-refractivity contribution is -0.134. The van der Waals surface area contributed by atoms with Crippen LogP contribution >= 0.6 is 11.6 Å². The summed E-state index contributed by atoms with van der Waals surface area (Å²) in [6.45, 7) is 1.85. The molecule has 1 fully saturated rings. The molecule has 6 heteroatoms. The van der Waals surface area contributed by atoms with Crippen LogP contribution in [0.4, 0.5) is 10.1 Å². The first-order valence-corrected chi connectivity index (χ1v) is 8.40. The highest BCUT2D eigenvalue weighted by atomic mass is 35.5. The predicted molar refractivity (Wildman–Crippen MR) is 94.7 cm³/mol. The monoisotopic (exact) mass is 360 g/mol. The van der Waals surface area contributed by atoms with E-state index in [9.17, 15) is 14.0 Å². The van der Waals surface area contributed by atoms with Crippen LogP contribution in [0.15, 0.2) is 42.5 Å². The minimum absolute atomic E-state index is 0.0523. The molecular formula is C19H18ClFN2O2. The van der Waals surface area contributed by atoms with Gasteiger partial charge in [0.2, 0.25) is 11.8 Å². The largest absolute Gasteiger partial charge is 0.351 e. The first-order chi connectivity index (χ1) is 11.9. The molecule has 2 aromatic rings. The lowest BCUT2D eigenvalue weighted by atomic mass is 10.0. The third-order valence-corrected chi connectivity index (χ3v) is 4.94. The van der Waals surface area contributed by atoms with E-state index < -0.39 is 5.41 Å². The van der Waals surface area contributed by atoms with Gasteiger partial charge in [0.05, 0.1) is 0 Å². The highest BCUT2D eigenvalue weighted by Gasteiger charge is 2.56. The summed E-state index contributed by atoms with van der Waals surface area (Å²) < 4.78 is 13.6. The van der Waals surface area contributed by atoms with Crippen LogP contribution in [-0.4, -0.2) is 11.8 Å². The SMILES string of the molecule is Cc1c(Cl)cccc1NC(=O)C1(C(=O)NCc2ccccc2F)CC1. The van der Waals surface area contributed by atoms with Gasteiger partial charge in [0.1, 0.15) is 11.2 Å². The van der Waals surface area contributed by atoms with Gasteiger partial charge in [0, 0.05) is 22.8 Å². The number of hydrogen-bond donors (Lipinski definition) is 2. The molecule has 0 saturated heterocycles. The summed E-state index contributed by atoms with van der Waals surface area (Å²) in [6.07, 6.45) is 0.948. The molecule has 0 spiro atoms. The lowest BCUT2D eigenvalue weighted by Crippen LogP contribution is -2.39. The van der Waals surface area contributed by atoms with Crippen molar-refractivity contribution < 1.29 is 14.0 Å². The van der Waals surface area contributed by atoms with E-state index in [1.807, 2.05) is 0 Å². The Morgan fingerprint density at radius 2 is 1.84 bits per heavy atom. The van der Waals surface area contributed by atoms with Crippen LogP contribution in [0.3, 0.4) is 0 Å². The van der Waals surface area contributed by atoms with E-state index in [0.29, 0.717) is 29.1 Å². The number of amides is 2. The van der Waals surface area contributed by atoms with Crippen LogP contribution in [0.5, 0.6) is 0 Å². The molecule has 0 radical (unpaired) electrons. The molecule has 130 valence electrons. The Labute approximate surface area is 150 Å². The van der Waals surface area contributed by atoms with Gasteiger partial charge in [-0.3, -0.25) is 9.59 Å². The number of hydrogen-bond acceptors (Lipinski definition) is 2. The average molecular weight is 361 g/mol. The standard InChI is InChI=1S/C19H18ClFN2O2/c1-12-14(20)6-4-8-16(12)23-18(25)19(9-10-19)17(24)22-11-13-5-2-3-7-15(13)21/h2-8H,9-11H2,1H3,(H,22,24)(H,23,25). The second-order valence-electron chi connectivity index (χ2n) is 6.22. The van der Waals surface area contributed by atoms with Gasteiger partial charge in [-0.15, -0.1) is 0 Å². The molecule has 0 heterocycles. The molecule has 1 aliphatic rings. The zero-order chi connectivity index (χ0) is 18.0. The van der Waals surface area contributed by atoms with Crippen molar-refractivity contribution in [3.05, 3.63) is 64.4 Å². The molecule has 0 bridgehead atoms. The topological polar surface area (TPSA) is 58.2 Å². The second-order valence-corrected chi connectivity index (χ2v) is 6.63. The smallest absolute Gasteiger partial charge is 0.240 e. The fraction of sp³-hybridized carbons (Fsp3) is 0.263. The number of nitrogens with one attached hydrogen (secondary N) is 2. The van der Waals surface area contributed by atoms with Gasteiger partial charge in [0.15, 0.2) is 0 Å². The van der Waals surface area contributed by atoms with Gasteiger partial charge in [0.25, 0.3) is 0 Å². The first-order valence-electron chi connectivity index (χ1n) is 8.02. The van der Waals surface area contributed by atoms with Crippen LogP contribution in [0.25, 0.3) is 0 Å². The van der Waals surface area contributed by atoms with Gasteiger partial charge < -0.3 is 10.6 Å². The summed E-state index contributed by atoms with van der Waals surface area (Å²) >= 11 is 6.06. The van der Waals surface area contributed by atoms with E-state index in [1.54, 1.807) is 43.3 Å². The van der Waals surface area contributed by atoms with Crippen LogP contribution < -0.4 is 10.6 Å². The van der Waals surface area contributed by atoms with E-state index in [0.717, 1.165) is 5.56 Å². The van der Waals surface area contributed by atoms with Gasteiger partial charge in [-0.1, -0.05) is 35.9 Å². The number of anilines is 1. The summed E-state index contributed by atoms with van der Waals surface area (Å²) in [7, 11) is 0. The number of benzene rings is 2. The molecule has 2 amide bonds. The minimum Gasteiger partial charge on any atom is -0.351 e. The Balaban J connectivity index is 1.67. The quantitative estimate of drug-likeness (QED) is 0.796. The number of rotatable bonds is 5. The van der Waals surface area contributed by atoms with Crippen molar-refractivity contribution in [2.24, 2.45) is 5.41 Å². The highest BCUT2D eigenvalue weighted by Crippen LogP contribution is 2.47. The Morgan fingerprint density at radius 3 is 2.52 bits per heavy atom. The molecular weight excluding hydrogens is 343 g/mol. The molecule has 0 unspecified atom stereocenters. The van der Waals surface area contributed by atoms with Crippen LogP contribution in [0.2, 0.25) is 5.02 Å². The zero-order valence-electron chi connectivity index (χ0n) is 13.7. The van der Waals surface area contributed by atoms with Crippen molar-refractivity contribution in [2.75, 3.05) is 5.32 Å². The fourth-order valence-electron chi connectivity index (χ4n) is 2.65. The molecule has 4 nitrogen and oxygen atoms in total. The zero-order valence-corrected chi connectivity index (χ0v) is 14.5. The first kappa shape index (κ1) is 17.4. The lowest BCUT2D eigenvalue weighted by Gasteiger charge is -2.17. The van der Waals surface area contributed by atoms with E-state index in [-0.39, 0.29) is 24.2 Å². The number of carbonyl (C=O) groups excluding carboxylic acids is 2. The Kier molecular flexibility index (Phi) is 4.77. The van der Waals surface area contributed by atoms with Crippen molar-refractivity contribution in [3.63, 3.8) is 0 Å². The Morgan fingerprint density at radius 1 is 1.12 bits per heavy atom. The summed E-state index contributed by atoms with van der Waals surface area (Å²) in [6, 6.07) is 11.4. The molecule has 0 aliphatic heterocycles. The van der Waals surface area contributed by atoms with Gasteiger partial charge in [-0.05, 0) is 43.5 Å². The third kappa shape index (κ3) is 3.51. The Hall–Kier alpha value is -2.40. The molecule has 1 aliphatic carbocycles. The van der Waals surface area contributed by atoms with Crippen molar-refractivity contribution in [3.8, 4) is 0 Å². The summed E-state index contributed by atoms with van der Waals surface area (Å²) in [5.74, 6) is -1.12. The average Bonchev–Trinajstić information content (AvgIpc) is 3.40. The van der Waals surface area contributed by atoms with Gasteiger partial charge in [-0.25, -0.2) is 4.39 Å². The second kappa shape index (κ2) is 6.84. The van der Waals surface area contributed by atoms with Crippen LogP contribution in [0.1, 0.15) is 24.0 Å². The maximum atomic E-state index is 13.6. The minimum atomic E-state index is -1.08. The van der Waals surface area contributed by atoms with E-state index in [1.165, 1.54) is 6.07 Å². The van der Waals surface area contributed by atoms with Crippen molar-refractivity contribution in [1.82, 2.24) is 5.32 Å². The molecule has 2 aromatic carbocycles. The normalized spacial score (nSPS) is 14.7. The van der Waals surface area contributed by atoms with Crippen molar-refractivity contribution in [2.45, 2.75) is 26.3 Å². The molecule has 0 aromatic heterocycles. The van der Waals surface area contributed by atoms with Gasteiger partial charge >= 0.3 is 0 Å². The maximum absolute atomic E-state index is 13.6. The van der Waals surface area contributed by atoms with E-state index >= 15 is 0 Å².